The van der Waals surface area contributed by atoms with Crippen LogP contribution in [0.1, 0.15) is 0 Å². The van der Waals surface area contributed by atoms with Gasteiger partial charge < -0.3 is 4.90 Å². The van der Waals surface area contributed by atoms with Crippen molar-refractivity contribution < 1.29 is 0 Å². The summed E-state index contributed by atoms with van der Waals surface area (Å²) in [5.41, 5.74) is 0. The van der Waals surface area contributed by atoms with E-state index in [1.807, 2.05) is 25.1 Å². The van der Waals surface area contributed by atoms with E-state index in [4.69, 9.17) is 16.9 Å². The molecule has 46 valence electrons. The molecule has 0 aliphatic heterocycles. The second-order valence-electron chi connectivity index (χ2n) is 1.86. The molecule has 1 atom stereocenters. The largest absolute Gasteiger partial charge is 0.307 e. The summed E-state index contributed by atoms with van der Waals surface area (Å²) >= 11 is 5.46. The van der Waals surface area contributed by atoms with Gasteiger partial charge >= 0.3 is 0 Å². The number of halogens is 1. The van der Waals surface area contributed by atoms with E-state index >= 15 is 0 Å². The van der Waals surface area contributed by atoms with Crippen LogP contribution in [-0.4, -0.2) is 30.9 Å². The summed E-state index contributed by atoms with van der Waals surface area (Å²) in [5, 5.41) is 7.80. The van der Waals surface area contributed by atoms with Gasteiger partial charge in [-0.15, -0.1) is 11.6 Å². The fourth-order valence-corrected chi connectivity index (χ4v) is 0.637. The fourth-order valence-electron chi connectivity index (χ4n) is 0.361. The Kier molecular flexibility index (Phi) is 3.59. The summed E-state index contributed by atoms with van der Waals surface area (Å²) in [6, 6.07) is 1.92. The van der Waals surface area contributed by atoms with Crippen molar-refractivity contribution in [1.82, 2.24) is 4.90 Å². The molecule has 0 aromatic rings. The first-order valence-corrected chi connectivity index (χ1v) is 2.79. The average Bonchev–Trinajstić information content (AvgIpc) is 1.65. The molecule has 8 heavy (non-hydrogen) atoms. The number of alkyl halides is 1. The quantitative estimate of drug-likeness (QED) is 0.517. The van der Waals surface area contributed by atoms with Crippen LogP contribution < -0.4 is 0 Å². The molecule has 0 aromatic heterocycles. The lowest BCUT2D eigenvalue weighted by atomic mass is 10.4. The molecule has 0 heterocycles. The Bertz CT molecular complexity index is 95.1. The van der Waals surface area contributed by atoms with Gasteiger partial charge in [-0.05, 0) is 14.1 Å². The second-order valence-corrected chi connectivity index (χ2v) is 2.39. The molecule has 0 aliphatic rings. The molecule has 0 spiro atoms. The number of hydrogen-bond donors (Lipinski definition) is 0. The lowest BCUT2D eigenvalue weighted by molar-refractivity contribution is 0.421. The summed E-state index contributed by atoms with van der Waals surface area (Å²) in [6.45, 7) is 0.623. The predicted octanol–water partition coefficient (Wildman–Crippen LogP) is 0.679. The Morgan fingerprint density at radius 1 is 1.75 bits per heavy atom. The van der Waals surface area contributed by atoms with Crippen LogP contribution in [-0.2, 0) is 0 Å². The molecule has 0 fully saturated rings. The minimum atomic E-state index is -0.370. The van der Waals surface area contributed by atoms with E-state index in [1.165, 1.54) is 0 Å². The van der Waals surface area contributed by atoms with Crippen molar-refractivity contribution in [2.45, 2.75) is 5.38 Å². The van der Waals surface area contributed by atoms with Gasteiger partial charge in [0.1, 0.15) is 5.38 Å². The van der Waals surface area contributed by atoms with E-state index in [0.717, 1.165) is 0 Å². The molecule has 3 heteroatoms. The van der Waals surface area contributed by atoms with E-state index in [0.29, 0.717) is 6.54 Å². The highest BCUT2D eigenvalue weighted by Crippen LogP contribution is 1.92. The van der Waals surface area contributed by atoms with Crippen LogP contribution >= 0.6 is 11.6 Å². The van der Waals surface area contributed by atoms with Crippen LogP contribution in [0.25, 0.3) is 0 Å². The van der Waals surface area contributed by atoms with Gasteiger partial charge in [-0.1, -0.05) is 0 Å². The van der Waals surface area contributed by atoms with Crippen molar-refractivity contribution in [1.29, 1.82) is 5.26 Å². The summed E-state index contributed by atoms with van der Waals surface area (Å²) in [5.74, 6) is 0. The van der Waals surface area contributed by atoms with Gasteiger partial charge in [0, 0.05) is 6.54 Å². The Hall–Kier alpha value is -0.260. The van der Waals surface area contributed by atoms with Gasteiger partial charge in [0.25, 0.3) is 0 Å². The van der Waals surface area contributed by atoms with Crippen LogP contribution in [0.4, 0.5) is 0 Å². The SMILES string of the molecule is CN(C)CC(Cl)C#N. The van der Waals surface area contributed by atoms with Gasteiger partial charge in [-0.25, -0.2) is 0 Å². The van der Waals surface area contributed by atoms with Gasteiger partial charge in [0.2, 0.25) is 0 Å². The standard InChI is InChI=1S/C5H9ClN2/c1-8(2)4-5(6)3-7/h5H,4H2,1-2H3. The molecule has 0 N–H and O–H groups in total. The van der Waals surface area contributed by atoms with Crippen molar-refractivity contribution in [3.8, 4) is 6.07 Å². The Morgan fingerprint density at radius 3 is 2.38 bits per heavy atom. The molecule has 0 amide bonds. The third kappa shape index (κ3) is 3.91. The van der Waals surface area contributed by atoms with Gasteiger partial charge in [0.05, 0.1) is 6.07 Å². The molecular weight excluding hydrogens is 124 g/mol. The maximum absolute atomic E-state index is 8.18. The first kappa shape index (κ1) is 7.74. The van der Waals surface area contributed by atoms with Gasteiger partial charge in [-0.3, -0.25) is 0 Å². The van der Waals surface area contributed by atoms with E-state index < -0.39 is 0 Å². The highest BCUT2D eigenvalue weighted by Gasteiger charge is 2.00. The summed E-state index contributed by atoms with van der Waals surface area (Å²) < 4.78 is 0. The van der Waals surface area contributed by atoms with Crippen molar-refractivity contribution >= 4 is 11.6 Å². The molecule has 2 nitrogen and oxygen atoms in total. The normalized spacial score (nSPS) is 13.4. The topological polar surface area (TPSA) is 27.0 Å². The molecule has 0 bridgehead atoms. The average molecular weight is 133 g/mol. The minimum absolute atomic E-state index is 0.370. The summed E-state index contributed by atoms with van der Waals surface area (Å²) in [7, 11) is 3.76. The minimum Gasteiger partial charge on any atom is -0.307 e. The van der Waals surface area contributed by atoms with Crippen LogP contribution in [0.3, 0.4) is 0 Å². The van der Waals surface area contributed by atoms with Crippen molar-refractivity contribution in [3.63, 3.8) is 0 Å². The third-order valence-electron chi connectivity index (χ3n) is 0.666. The zero-order chi connectivity index (χ0) is 6.57. The molecule has 0 aromatic carbocycles. The number of rotatable bonds is 2. The van der Waals surface area contributed by atoms with E-state index in [2.05, 4.69) is 0 Å². The molecule has 0 saturated carbocycles. The third-order valence-corrected chi connectivity index (χ3v) is 0.901. The van der Waals surface area contributed by atoms with Gasteiger partial charge in [0.15, 0.2) is 0 Å². The predicted molar refractivity (Wildman–Crippen MR) is 33.8 cm³/mol. The van der Waals surface area contributed by atoms with E-state index in [9.17, 15) is 0 Å². The van der Waals surface area contributed by atoms with Crippen LogP contribution in [0.15, 0.2) is 0 Å². The van der Waals surface area contributed by atoms with Crippen molar-refractivity contribution in [2.75, 3.05) is 20.6 Å². The smallest absolute Gasteiger partial charge is 0.133 e. The Morgan fingerprint density at radius 2 is 2.25 bits per heavy atom. The molecule has 1 unspecified atom stereocenters. The summed E-state index contributed by atoms with van der Waals surface area (Å²) in [6.07, 6.45) is 0. The van der Waals surface area contributed by atoms with Gasteiger partial charge in [-0.2, -0.15) is 5.26 Å². The van der Waals surface area contributed by atoms with Crippen LogP contribution in [0.5, 0.6) is 0 Å². The lowest BCUT2D eigenvalue weighted by Crippen LogP contribution is -2.20. The molecular formula is C5H9ClN2. The number of nitrogens with zero attached hydrogens (tertiary/aromatic N) is 2. The highest BCUT2D eigenvalue weighted by atomic mass is 35.5. The Balaban J connectivity index is 3.28. The molecule has 0 aliphatic carbocycles. The zero-order valence-electron chi connectivity index (χ0n) is 5.06. The fraction of sp³-hybridized carbons (Fsp3) is 0.800. The Labute approximate surface area is 54.7 Å². The van der Waals surface area contributed by atoms with E-state index in [1.54, 1.807) is 0 Å². The first-order valence-electron chi connectivity index (χ1n) is 2.35. The monoisotopic (exact) mass is 132 g/mol. The first-order chi connectivity index (χ1) is 3.66. The molecule has 0 saturated heterocycles. The van der Waals surface area contributed by atoms with Crippen molar-refractivity contribution in [2.24, 2.45) is 0 Å². The van der Waals surface area contributed by atoms with Crippen molar-refractivity contribution in [3.05, 3.63) is 0 Å². The number of nitriles is 1. The highest BCUT2D eigenvalue weighted by molar-refractivity contribution is 6.22. The molecule has 0 radical (unpaired) electrons. The zero-order valence-corrected chi connectivity index (χ0v) is 5.81. The number of hydrogen-bond acceptors (Lipinski definition) is 2. The van der Waals surface area contributed by atoms with Crippen LogP contribution in [0.2, 0.25) is 0 Å². The maximum atomic E-state index is 8.18. The maximum Gasteiger partial charge on any atom is 0.133 e. The second kappa shape index (κ2) is 3.71. The van der Waals surface area contributed by atoms with E-state index in [-0.39, 0.29) is 5.38 Å². The van der Waals surface area contributed by atoms with Crippen LogP contribution in [0, 0.1) is 11.3 Å². The summed E-state index contributed by atoms with van der Waals surface area (Å²) in [4.78, 5) is 1.88. The lowest BCUT2D eigenvalue weighted by Gasteiger charge is -2.07. The molecule has 0 rings (SSSR count).